The van der Waals surface area contributed by atoms with Crippen molar-refractivity contribution in [2.75, 3.05) is 0 Å². The number of hydrogen-bond acceptors (Lipinski definition) is 4. The Morgan fingerprint density at radius 1 is 1.06 bits per heavy atom. The summed E-state index contributed by atoms with van der Waals surface area (Å²) in [4.78, 5) is 25.0. The molecule has 0 amide bonds. The quantitative estimate of drug-likeness (QED) is 0.596. The molecule has 1 heterocycles. The fourth-order valence-electron chi connectivity index (χ4n) is 1.25. The van der Waals surface area contributed by atoms with Gasteiger partial charge in [0.2, 0.25) is 0 Å². The molecule has 0 bridgehead atoms. The van der Waals surface area contributed by atoms with E-state index in [1.807, 2.05) is 12.1 Å². The van der Waals surface area contributed by atoms with Crippen LogP contribution in [-0.4, -0.2) is 11.0 Å². The van der Waals surface area contributed by atoms with Crippen LogP contribution in [0.15, 0.2) is 54.7 Å². The maximum atomic E-state index is 11.5. The molecule has 0 spiro atoms. The van der Waals surface area contributed by atoms with Gasteiger partial charge in [-0.2, -0.15) is 4.89 Å². The van der Waals surface area contributed by atoms with E-state index in [1.165, 1.54) is 0 Å². The lowest BCUT2D eigenvalue weighted by Gasteiger charge is -2.02. The van der Waals surface area contributed by atoms with Crippen LogP contribution in [0.25, 0.3) is 0 Å². The molecular formula is C13H11NO3. The van der Waals surface area contributed by atoms with Crippen molar-refractivity contribution in [2.24, 2.45) is 0 Å². The highest BCUT2D eigenvalue weighted by atomic mass is 17.2. The second-order valence-corrected chi connectivity index (χ2v) is 3.32. The van der Waals surface area contributed by atoms with Crippen molar-refractivity contribution in [2.45, 2.75) is 6.61 Å². The summed E-state index contributed by atoms with van der Waals surface area (Å²) in [5.74, 6) is -0.512. The first-order valence-corrected chi connectivity index (χ1v) is 5.15. The number of carbonyl (C=O) groups excluding carboxylic acids is 1. The number of pyridine rings is 1. The number of hydrogen-bond donors (Lipinski definition) is 0. The van der Waals surface area contributed by atoms with Crippen LogP contribution in [0.1, 0.15) is 16.1 Å². The summed E-state index contributed by atoms with van der Waals surface area (Å²) in [5, 5.41) is 0. The summed E-state index contributed by atoms with van der Waals surface area (Å²) >= 11 is 0. The first-order valence-electron chi connectivity index (χ1n) is 5.15. The zero-order valence-electron chi connectivity index (χ0n) is 9.08. The molecule has 0 aliphatic heterocycles. The van der Waals surface area contributed by atoms with Crippen molar-refractivity contribution < 1.29 is 14.6 Å². The van der Waals surface area contributed by atoms with E-state index in [2.05, 4.69) is 9.87 Å². The van der Waals surface area contributed by atoms with E-state index in [0.29, 0.717) is 11.3 Å². The maximum Gasteiger partial charge on any atom is 0.373 e. The molecule has 86 valence electrons. The minimum absolute atomic E-state index is 0.138. The van der Waals surface area contributed by atoms with Crippen LogP contribution in [0.4, 0.5) is 0 Å². The Morgan fingerprint density at radius 2 is 1.82 bits per heavy atom. The molecule has 0 aliphatic rings. The monoisotopic (exact) mass is 229 g/mol. The smallest absolute Gasteiger partial charge is 0.292 e. The van der Waals surface area contributed by atoms with Gasteiger partial charge in [-0.3, -0.25) is 9.87 Å². The Balaban J connectivity index is 1.82. The van der Waals surface area contributed by atoms with Crippen molar-refractivity contribution in [1.29, 1.82) is 0 Å². The van der Waals surface area contributed by atoms with Gasteiger partial charge in [-0.05, 0) is 24.3 Å². The minimum Gasteiger partial charge on any atom is -0.292 e. The number of benzene rings is 1. The highest BCUT2D eigenvalue weighted by Gasteiger charge is 2.07. The average molecular weight is 229 g/mol. The summed E-state index contributed by atoms with van der Waals surface area (Å²) in [6.07, 6.45) is 1.65. The molecule has 2 aromatic rings. The first kappa shape index (κ1) is 11.3. The summed E-state index contributed by atoms with van der Waals surface area (Å²) in [5.41, 5.74) is 1.15. The van der Waals surface area contributed by atoms with Crippen LogP contribution in [-0.2, 0) is 16.4 Å². The Morgan fingerprint density at radius 3 is 2.53 bits per heavy atom. The Hall–Kier alpha value is -2.20. The number of carbonyl (C=O) groups is 1. The van der Waals surface area contributed by atoms with E-state index in [4.69, 9.17) is 4.89 Å². The van der Waals surface area contributed by atoms with Crippen molar-refractivity contribution in [3.05, 3.63) is 66.0 Å². The third-order valence-corrected chi connectivity index (χ3v) is 2.08. The molecular weight excluding hydrogens is 218 g/mol. The molecule has 0 fully saturated rings. The zero-order chi connectivity index (χ0) is 11.9. The molecule has 4 heteroatoms. The lowest BCUT2D eigenvalue weighted by atomic mass is 10.2. The van der Waals surface area contributed by atoms with Gasteiger partial charge in [0.05, 0.1) is 11.3 Å². The molecule has 0 saturated carbocycles. The molecule has 4 nitrogen and oxygen atoms in total. The van der Waals surface area contributed by atoms with Gasteiger partial charge in [0.25, 0.3) is 0 Å². The van der Waals surface area contributed by atoms with Crippen LogP contribution in [0.5, 0.6) is 0 Å². The van der Waals surface area contributed by atoms with Gasteiger partial charge in [-0.25, -0.2) is 4.79 Å². The lowest BCUT2D eigenvalue weighted by molar-refractivity contribution is -0.251. The third-order valence-electron chi connectivity index (χ3n) is 2.08. The zero-order valence-corrected chi connectivity index (χ0v) is 9.08. The van der Waals surface area contributed by atoms with Crippen LogP contribution >= 0.6 is 0 Å². The summed E-state index contributed by atoms with van der Waals surface area (Å²) < 4.78 is 0. The number of aromatic nitrogens is 1. The van der Waals surface area contributed by atoms with Crippen molar-refractivity contribution in [1.82, 2.24) is 4.98 Å². The van der Waals surface area contributed by atoms with Crippen LogP contribution < -0.4 is 0 Å². The van der Waals surface area contributed by atoms with Gasteiger partial charge in [0, 0.05) is 6.20 Å². The SMILES string of the molecule is O=C(OOCc1ccccn1)c1ccccc1. The fourth-order valence-corrected chi connectivity index (χ4v) is 1.25. The normalized spacial score (nSPS) is 9.88. The van der Waals surface area contributed by atoms with E-state index < -0.39 is 5.97 Å². The minimum atomic E-state index is -0.512. The summed E-state index contributed by atoms with van der Waals surface area (Å²) in [7, 11) is 0. The van der Waals surface area contributed by atoms with E-state index in [9.17, 15) is 4.79 Å². The van der Waals surface area contributed by atoms with E-state index in [0.717, 1.165) is 0 Å². The Labute approximate surface area is 98.8 Å². The van der Waals surface area contributed by atoms with Gasteiger partial charge in [0.1, 0.15) is 6.61 Å². The molecule has 0 unspecified atom stereocenters. The highest BCUT2D eigenvalue weighted by molar-refractivity contribution is 5.88. The molecule has 0 atom stereocenters. The van der Waals surface area contributed by atoms with Crippen LogP contribution in [0.2, 0.25) is 0 Å². The number of nitrogens with zero attached hydrogens (tertiary/aromatic N) is 1. The van der Waals surface area contributed by atoms with Gasteiger partial charge in [-0.15, -0.1) is 0 Å². The molecule has 0 radical (unpaired) electrons. The summed E-state index contributed by atoms with van der Waals surface area (Å²) in [6.45, 7) is 0.138. The van der Waals surface area contributed by atoms with E-state index >= 15 is 0 Å². The van der Waals surface area contributed by atoms with Gasteiger partial charge in [0.15, 0.2) is 0 Å². The molecule has 0 saturated heterocycles. The maximum absolute atomic E-state index is 11.5. The standard InChI is InChI=1S/C13H11NO3/c15-13(11-6-2-1-3-7-11)17-16-10-12-8-4-5-9-14-12/h1-9H,10H2. The van der Waals surface area contributed by atoms with Gasteiger partial charge >= 0.3 is 5.97 Å². The third kappa shape index (κ3) is 3.39. The van der Waals surface area contributed by atoms with Crippen LogP contribution in [0, 0.1) is 0 Å². The van der Waals surface area contributed by atoms with Crippen molar-refractivity contribution in [3.63, 3.8) is 0 Å². The average Bonchev–Trinajstić information content (AvgIpc) is 2.41. The summed E-state index contributed by atoms with van der Waals surface area (Å²) in [6, 6.07) is 14.1. The second-order valence-electron chi connectivity index (χ2n) is 3.32. The molecule has 0 aliphatic carbocycles. The molecule has 0 N–H and O–H groups in total. The predicted molar refractivity (Wildman–Crippen MR) is 60.9 cm³/mol. The molecule has 17 heavy (non-hydrogen) atoms. The van der Waals surface area contributed by atoms with Crippen LogP contribution in [0.3, 0.4) is 0 Å². The van der Waals surface area contributed by atoms with Crippen molar-refractivity contribution >= 4 is 5.97 Å². The van der Waals surface area contributed by atoms with E-state index in [1.54, 1.807) is 42.6 Å². The van der Waals surface area contributed by atoms with Gasteiger partial charge < -0.3 is 0 Å². The molecule has 1 aromatic heterocycles. The second kappa shape index (κ2) is 5.77. The first-order chi connectivity index (χ1) is 8.36. The lowest BCUT2D eigenvalue weighted by Crippen LogP contribution is -2.06. The molecule has 2 rings (SSSR count). The highest BCUT2D eigenvalue weighted by Crippen LogP contribution is 2.03. The number of rotatable bonds is 4. The Kier molecular flexibility index (Phi) is 3.83. The Bertz CT molecular complexity index is 471. The topological polar surface area (TPSA) is 48.4 Å². The fraction of sp³-hybridized carbons (Fsp3) is 0.0769. The van der Waals surface area contributed by atoms with Gasteiger partial charge in [-0.1, -0.05) is 24.3 Å². The predicted octanol–water partition coefficient (Wildman–Crippen LogP) is 2.37. The van der Waals surface area contributed by atoms with Crippen molar-refractivity contribution in [3.8, 4) is 0 Å². The molecule has 1 aromatic carbocycles. The van der Waals surface area contributed by atoms with E-state index in [-0.39, 0.29) is 6.61 Å². The largest absolute Gasteiger partial charge is 0.373 e.